The van der Waals surface area contributed by atoms with Crippen LogP contribution < -0.4 is 0 Å². The van der Waals surface area contributed by atoms with E-state index in [0.717, 1.165) is 16.9 Å². The van der Waals surface area contributed by atoms with Gasteiger partial charge in [-0.3, -0.25) is 10.1 Å². The number of ether oxygens (including phenoxy) is 1. The van der Waals surface area contributed by atoms with Gasteiger partial charge in [-0.1, -0.05) is 41.7 Å². The zero-order valence-electron chi connectivity index (χ0n) is 11.3. The van der Waals surface area contributed by atoms with Crippen LogP contribution in [0.2, 0.25) is 0 Å². The second kappa shape index (κ2) is 7.15. The molecule has 2 aromatic rings. The first kappa shape index (κ1) is 15.4. The van der Waals surface area contributed by atoms with Crippen molar-refractivity contribution in [1.82, 2.24) is 0 Å². The van der Waals surface area contributed by atoms with Crippen LogP contribution in [0.15, 0.2) is 48.0 Å². The normalized spacial score (nSPS) is 10.8. The number of esters is 1. The fourth-order valence-corrected chi connectivity index (χ4v) is 2.36. The van der Waals surface area contributed by atoms with E-state index in [-0.39, 0.29) is 17.2 Å². The molecule has 0 saturated heterocycles. The summed E-state index contributed by atoms with van der Waals surface area (Å²) in [6.45, 7) is 0.0588. The minimum absolute atomic E-state index is 0.0545. The van der Waals surface area contributed by atoms with Gasteiger partial charge in [0.05, 0.1) is 4.92 Å². The molecule has 0 amide bonds. The molecule has 2 rings (SSSR count). The number of nitriles is 1. The van der Waals surface area contributed by atoms with Crippen molar-refractivity contribution in [2.24, 2.45) is 0 Å². The summed E-state index contributed by atoms with van der Waals surface area (Å²) in [6, 6.07) is 13.6. The Balaban J connectivity index is 2.06. The number of hydrogen-bond donors (Lipinski definition) is 0. The largest absolute Gasteiger partial charge is 0.457 e. The standard InChI is InChI=1S/C15H10N2O4S/c16-9-12(8-13-6-7-14(22-13)17(19)20)15(18)21-10-11-4-2-1-3-5-11/h1-8H,10H2. The zero-order chi connectivity index (χ0) is 15.9. The topological polar surface area (TPSA) is 93.2 Å². The molecule has 0 radical (unpaired) electrons. The number of benzene rings is 1. The third-order valence-electron chi connectivity index (χ3n) is 2.63. The second-order valence-corrected chi connectivity index (χ2v) is 5.26. The first-order valence-electron chi connectivity index (χ1n) is 6.17. The van der Waals surface area contributed by atoms with Gasteiger partial charge in [-0.25, -0.2) is 4.79 Å². The monoisotopic (exact) mass is 314 g/mol. The Bertz CT molecular complexity index is 759. The van der Waals surface area contributed by atoms with Crippen molar-refractivity contribution in [1.29, 1.82) is 5.26 Å². The molecule has 0 spiro atoms. The number of nitrogens with zero attached hydrogens (tertiary/aromatic N) is 2. The molecule has 0 fully saturated rings. The lowest BCUT2D eigenvalue weighted by Gasteiger charge is -2.03. The van der Waals surface area contributed by atoms with Crippen LogP contribution in [0.5, 0.6) is 0 Å². The van der Waals surface area contributed by atoms with E-state index in [0.29, 0.717) is 4.88 Å². The molecule has 0 saturated carbocycles. The number of carbonyl (C=O) groups is 1. The molecule has 6 nitrogen and oxygen atoms in total. The summed E-state index contributed by atoms with van der Waals surface area (Å²) in [4.78, 5) is 22.4. The average molecular weight is 314 g/mol. The highest BCUT2D eigenvalue weighted by Crippen LogP contribution is 2.26. The summed E-state index contributed by atoms with van der Waals surface area (Å²) in [7, 11) is 0. The molecule has 0 N–H and O–H groups in total. The Morgan fingerprint density at radius 2 is 2.05 bits per heavy atom. The quantitative estimate of drug-likeness (QED) is 0.277. The highest BCUT2D eigenvalue weighted by Gasteiger charge is 2.14. The van der Waals surface area contributed by atoms with Crippen LogP contribution in [0.3, 0.4) is 0 Å². The Kier molecular flexibility index (Phi) is 5.01. The van der Waals surface area contributed by atoms with Crippen LogP contribution in [0.1, 0.15) is 10.4 Å². The molecule has 0 aliphatic carbocycles. The van der Waals surface area contributed by atoms with Gasteiger partial charge in [-0.15, -0.1) is 0 Å². The Morgan fingerprint density at radius 3 is 2.64 bits per heavy atom. The highest BCUT2D eigenvalue weighted by atomic mass is 32.1. The molecule has 1 aromatic heterocycles. The molecule has 22 heavy (non-hydrogen) atoms. The summed E-state index contributed by atoms with van der Waals surface area (Å²) in [6.07, 6.45) is 1.28. The summed E-state index contributed by atoms with van der Waals surface area (Å²) >= 11 is 0.882. The van der Waals surface area contributed by atoms with Gasteiger partial charge in [0.2, 0.25) is 0 Å². The fraction of sp³-hybridized carbons (Fsp3) is 0.0667. The van der Waals surface area contributed by atoms with Crippen molar-refractivity contribution in [3.8, 4) is 6.07 Å². The maximum Gasteiger partial charge on any atom is 0.349 e. The zero-order valence-corrected chi connectivity index (χ0v) is 12.1. The van der Waals surface area contributed by atoms with Crippen LogP contribution >= 0.6 is 11.3 Å². The maximum absolute atomic E-state index is 11.9. The molecule has 1 aromatic carbocycles. The molecule has 1 heterocycles. The minimum atomic E-state index is -0.762. The second-order valence-electron chi connectivity index (χ2n) is 4.16. The fourth-order valence-electron chi connectivity index (χ4n) is 1.60. The smallest absolute Gasteiger partial charge is 0.349 e. The Labute approximate surface area is 130 Å². The summed E-state index contributed by atoms with van der Waals surface area (Å²) in [5, 5.41) is 19.6. The number of thiophene rings is 1. The predicted molar refractivity (Wildman–Crippen MR) is 80.8 cm³/mol. The summed E-state index contributed by atoms with van der Waals surface area (Å²) in [5.41, 5.74) is 0.604. The first-order valence-corrected chi connectivity index (χ1v) is 6.99. The van der Waals surface area contributed by atoms with Crippen molar-refractivity contribution < 1.29 is 14.5 Å². The molecule has 110 valence electrons. The Morgan fingerprint density at radius 1 is 1.32 bits per heavy atom. The third kappa shape index (κ3) is 4.01. The average Bonchev–Trinajstić information content (AvgIpc) is 3.00. The van der Waals surface area contributed by atoms with Crippen LogP contribution in [0, 0.1) is 21.4 Å². The van der Waals surface area contributed by atoms with E-state index < -0.39 is 10.9 Å². The van der Waals surface area contributed by atoms with Gasteiger partial charge in [-0.05, 0) is 17.7 Å². The van der Waals surface area contributed by atoms with E-state index in [4.69, 9.17) is 10.00 Å². The number of hydrogen-bond acceptors (Lipinski definition) is 6. The van der Waals surface area contributed by atoms with Crippen molar-refractivity contribution in [2.45, 2.75) is 6.61 Å². The number of rotatable bonds is 5. The van der Waals surface area contributed by atoms with E-state index >= 15 is 0 Å². The Hall–Kier alpha value is -2.98. The van der Waals surface area contributed by atoms with Crippen molar-refractivity contribution in [3.63, 3.8) is 0 Å². The molecule has 0 bridgehead atoms. The number of carbonyl (C=O) groups excluding carboxylic acids is 1. The van der Waals surface area contributed by atoms with Gasteiger partial charge in [0.25, 0.3) is 0 Å². The molecular formula is C15H10N2O4S. The van der Waals surface area contributed by atoms with Crippen molar-refractivity contribution in [2.75, 3.05) is 0 Å². The lowest BCUT2D eigenvalue weighted by molar-refractivity contribution is -0.380. The van der Waals surface area contributed by atoms with Gasteiger partial charge in [0, 0.05) is 10.9 Å². The molecule has 0 aliphatic heterocycles. The van der Waals surface area contributed by atoms with Crippen LogP contribution in [0.25, 0.3) is 6.08 Å². The van der Waals surface area contributed by atoms with Crippen molar-refractivity contribution in [3.05, 3.63) is 68.6 Å². The lowest BCUT2D eigenvalue weighted by Crippen LogP contribution is -2.06. The van der Waals surface area contributed by atoms with Gasteiger partial charge in [0.1, 0.15) is 18.2 Å². The SMILES string of the molecule is N#CC(=Cc1ccc([N+](=O)[O-])s1)C(=O)OCc1ccccc1. The first-order chi connectivity index (χ1) is 10.6. The van der Waals surface area contributed by atoms with Crippen molar-refractivity contribution >= 4 is 28.4 Å². The molecule has 7 heteroatoms. The van der Waals surface area contributed by atoms with Gasteiger partial charge >= 0.3 is 11.0 Å². The lowest BCUT2D eigenvalue weighted by atomic mass is 10.2. The molecule has 0 unspecified atom stereocenters. The molecule has 0 aliphatic rings. The molecular weight excluding hydrogens is 304 g/mol. The summed E-state index contributed by atoms with van der Waals surface area (Å²) in [5.74, 6) is -0.762. The van der Waals surface area contributed by atoms with E-state index in [2.05, 4.69) is 0 Å². The van der Waals surface area contributed by atoms with Crippen LogP contribution in [0.4, 0.5) is 5.00 Å². The third-order valence-corrected chi connectivity index (χ3v) is 3.62. The highest BCUT2D eigenvalue weighted by molar-refractivity contribution is 7.16. The minimum Gasteiger partial charge on any atom is -0.457 e. The van der Waals surface area contributed by atoms with E-state index in [1.807, 2.05) is 18.2 Å². The number of nitro groups is 1. The van der Waals surface area contributed by atoms with E-state index in [1.165, 1.54) is 18.2 Å². The van der Waals surface area contributed by atoms with Gasteiger partial charge in [-0.2, -0.15) is 5.26 Å². The van der Waals surface area contributed by atoms with Crippen LogP contribution in [-0.2, 0) is 16.1 Å². The van der Waals surface area contributed by atoms with E-state index in [9.17, 15) is 14.9 Å². The van der Waals surface area contributed by atoms with Crippen LogP contribution in [-0.4, -0.2) is 10.9 Å². The predicted octanol–water partition coefficient (Wildman–Crippen LogP) is 3.31. The van der Waals surface area contributed by atoms with E-state index in [1.54, 1.807) is 18.2 Å². The molecule has 0 atom stereocenters. The van der Waals surface area contributed by atoms with Gasteiger partial charge in [0.15, 0.2) is 0 Å². The summed E-state index contributed by atoms with van der Waals surface area (Å²) < 4.78 is 5.05. The maximum atomic E-state index is 11.9. The van der Waals surface area contributed by atoms with Gasteiger partial charge < -0.3 is 4.74 Å².